The Bertz CT molecular complexity index is 757. The van der Waals surface area contributed by atoms with Crippen molar-refractivity contribution in [2.75, 3.05) is 31.2 Å². The van der Waals surface area contributed by atoms with Crippen molar-refractivity contribution in [3.05, 3.63) is 18.0 Å². The second-order valence-electron chi connectivity index (χ2n) is 7.02. The fourth-order valence-corrected chi connectivity index (χ4v) is 3.57. The van der Waals surface area contributed by atoms with E-state index in [9.17, 15) is 8.78 Å². The number of rotatable bonds is 2. The number of nitrogens with zero attached hydrogens (tertiary/aromatic N) is 5. The molecule has 2 aliphatic rings. The van der Waals surface area contributed by atoms with Crippen LogP contribution in [0, 0.1) is 0 Å². The lowest BCUT2D eigenvalue weighted by Crippen LogP contribution is -2.60. The van der Waals surface area contributed by atoms with Gasteiger partial charge in [-0.3, -0.25) is 0 Å². The lowest BCUT2D eigenvalue weighted by atomic mass is 9.95. The third kappa shape index (κ3) is 2.61. The number of hydrogen-bond donors (Lipinski definition) is 0. The summed E-state index contributed by atoms with van der Waals surface area (Å²) < 4.78 is 39.0. The Morgan fingerprint density at radius 2 is 2.04 bits per heavy atom. The Morgan fingerprint density at radius 3 is 2.75 bits per heavy atom. The molecule has 0 bridgehead atoms. The van der Waals surface area contributed by atoms with Crippen LogP contribution in [0.1, 0.15) is 32.5 Å². The maximum Gasteiger partial charge on any atom is 0.299 e. The summed E-state index contributed by atoms with van der Waals surface area (Å²) in [6.07, 6.45) is -1.91. The minimum absolute atomic E-state index is 0.306. The van der Waals surface area contributed by atoms with Crippen LogP contribution >= 0.6 is 0 Å². The smallest absolute Gasteiger partial charge is 0.299 e. The van der Waals surface area contributed by atoms with Gasteiger partial charge in [0.2, 0.25) is 5.82 Å². The summed E-state index contributed by atoms with van der Waals surface area (Å²) in [4.78, 5) is 2.06. The van der Waals surface area contributed by atoms with E-state index in [0.29, 0.717) is 37.8 Å². The number of alkyl halides is 2. The van der Waals surface area contributed by atoms with Crippen LogP contribution in [0.5, 0.6) is 0 Å². The summed E-state index contributed by atoms with van der Waals surface area (Å²) in [6, 6.07) is 3.44. The zero-order valence-corrected chi connectivity index (χ0v) is 13.6. The Labute approximate surface area is 137 Å². The average Bonchev–Trinajstić information content (AvgIpc) is 3.11. The predicted octanol–water partition coefficient (Wildman–Crippen LogP) is 1.84. The molecule has 0 N–H and O–H groups in total. The molecule has 130 valence electrons. The second-order valence-corrected chi connectivity index (χ2v) is 7.02. The number of halogens is 2. The molecular weight excluding hydrogens is 320 g/mol. The van der Waals surface area contributed by atoms with Gasteiger partial charge in [0, 0.05) is 19.6 Å². The molecule has 0 aliphatic carbocycles. The van der Waals surface area contributed by atoms with Crippen LogP contribution < -0.4 is 4.90 Å². The van der Waals surface area contributed by atoms with E-state index in [4.69, 9.17) is 9.47 Å². The van der Waals surface area contributed by atoms with Crippen LogP contribution in [-0.4, -0.2) is 57.3 Å². The van der Waals surface area contributed by atoms with Crippen molar-refractivity contribution in [3.8, 4) is 0 Å². The van der Waals surface area contributed by atoms with E-state index in [1.165, 1.54) is 0 Å². The van der Waals surface area contributed by atoms with E-state index in [2.05, 4.69) is 20.2 Å². The van der Waals surface area contributed by atoms with Crippen molar-refractivity contribution in [3.63, 3.8) is 0 Å². The van der Waals surface area contributed by atoms with Crippen LogP contribution in [0.2, 0.25) is 0 Å². The summed E-state index contributed by atoms with van der Waals surface area (Å²) >= 11 is 0. The van der Waals surface area contributed by atoms with Gasteiger partial charge in [0.1, 0.15) is 11.4 Å². The topological polar surface area (TPSA) is 64.8 Å². The maximum atomic E-state index is 13.1. The molecule has 1 atom stereocenters. The minimum Gasteiger partial charge on any atom is -0.378 e. The molecule has 4 heterocycles. The zero-order chi connectivity index (χ0) is 16.9. The first-order chi connectivity index (χ1) is 11.4. The zero-order valence-electron chi connectivity index (χ0n) is 13.6. The number of fused-ring (bicyclic) bond motifs is 1. The van der Waals surface area contributed by atoms with E-state index in [0.717, 1.165) is 10.9 Å². The van der Waals surface area contributed by atoms with E-state index >= 15 is 0 Å². The minimum atomic E-state index is -2.72. The Hall–Kier alpha value is -1.87. The van der Waals surface area contributed by atoms with Gasteiger partial charge < -0.3 is 14.4 Å². The summed E-state index contributed by atoms with van der Waals surface area (Å²) in [5.41, 5.74) is -0.459. The SMILES string of the molecule is CC1(C)CN(c2ccc3nnc(C(F)F)n3n2)CC2(CCOC2)O1. The fourth-order valence-electron chi connectivity index (χ4n) is 3.57. The lowest BCUT2D eigenvalue weighted by Gasteiger charge is -2.48. The molecule has 1 unspecified atom stereocenters. The van der Waals surface area contributed by atoms with E-state index in [1.807, 2.05) is 13.8 Å². The highest BCUT2D eigenvalue weighted by Gasteiger charge is 2.47. The molecule has 2 saturated heterocycles. The highest BCUT2D eigenvalue weighted by molar-refractivity contribution is 5.47. The van der Waals surface area contributed by atoms with Gasteiger partial charge in [-0.1, -0.05) is 0 Å². The third-order valence-electron chi connectivity index (χ3n) is 4.40. The van der Waals surface area contributed by atoms with Gasteiger partial charge in [0.15, 0.2) is 5.65 Å². The van der Waals surface area contributed by atoms with Gasteiger partial charge in [-0.2, -0.15) is 4.52 Å². The van der Waals surface area contributed by atoms with Crippen molar-refractivity contribution < 1.29 is 18.3 Å². The van der Waals surface area contributed by atoms with Gasteiger partial charge in [0.25, 0.3) is 6.43 Å². The molecule has 2 aliphatic heterocycles. The van der Waals surface area contributed by atoms with Crippen LogP contribution in [0.15, 0.2) is 12.1 Å². The lowest BCUT2D eigenvalue weighted by molar-refractivity contribution is -0.151. The summed E-state index contributed by atoms with van der Waals surface area (Å²) in [7, 11) is 0. The quantitative estimate of drug-likeness (QED) is 0.832. The first-order valence-corrected chi connectivity index (χ1v) is 7.91. The molecule has 24 heavy (non-hydrogen) atoms. The monoisotopic (exact) mass is 339 g/mol. The molecule has 0 saturated carbocycles. The van der Waals surface area contributed by atoms with Crippen LogP contribution in [0.4, 0.5) is 14.6 Å². The molecule has 7 nitrogen and oxygen atoms in total. The first kappa shape index (κ1) is 15.6. The molecule has 2 aromatic heterocycles. The number of ether oxygens (including phenoxy) is 2. The highest BCUT2D eigenvalue weighted by atomic mass is 19.3. The molecule has 2 aromatic rings. The van der Waals surface area contributed by atoms with Crippen molar-refractivity contribution in [2.24, 2.45) is 0 Å². The van der Waals surface area contributed by atoms with Crippen molar-refractivity contribution in [2.45, 2.75) is 37.9 Å². The average molecular weight is 339 g/mol. The van der Waals surface area contributed by atoms with E-state index in [1.54, 1.807) is 12.1 Å². The normalized spacial score (nSPS) is 26.8. The number of morpholine rings is 1. The first-order valence-electron chi connectivity index (χ1n) is 7.91. The maximum absolute atomic E-state index is 13.1. The van der Waals surface area contributed by atoms with Crippen molar-refractivity contribution >= 4 is 11.5 Å². The van der Waals surface area contributed by atoms with Gasteiger partial charge in [-0.15, -0.1) is 15.3 Å². The van der Waals surface area contributed by atoms with Gasteiger partial charge in [0.05, 0.1) is 18.8 Å². The van der Waals surface area contributed by atoms with Crippen LogP contribution in [0.3, 0.4) is 0 Å². The molecule has 0 aromatic carbocycles. The molecule has 0 radical (unpaired) electrons. The van der Waals surface area contributed by atoms with Crippen molar-refractivity contribution in [1.29, 1.82) is 0 Å². The molecule has 2 fully saturated rings. The van der Waals surface area contributed by atoms with Gasteiger partial charge in [-0.05, 0) is 26.0 Å². The molecule has 1 spiro atoms. The number of anilines is 1. The van der Waals surface area contributed by atoms with Crippen LogP contribution in [-0.2, 0) is 9.47 Å². The largest absolute Gasteiger partial charge is 0.378 e. The standard InChI is InChI=1S/C15H19F2N5O2/c1-14(2)7-21(8-15(24-14)5-6-23-9-15)11-4-3-10-18-19-13(12(16)17)22(10)20-11/h3-4,12H,5-9H2,1-2H3. The Morgan fingerprint density at radius 1 is 1.21 bits per heavy atom. The Kier molecular flexibility index (Phi) is 3.47. The second kappa shape index (κ2) is 5.32. The molecule has 9 heteroatoms. The molecular formula is C15H19F2N5O2. The predicted molar refractivity (Wildman–Crippen MR) is 81.3 cm³/mol. The summed E-state index contributed by atoms with van der Waals surface area (Å²) in [5, 5.41) is 11.6. The summed E-state index contributed by atoms with van der Waals surface area (Å²) in [5.74, 6) is 0.158. The van der Waals surface area contributed by atoms with E-state index < -0.39 is 12.2 Å². The van der Waals surface area contributed by atoms with Gasteiger partial charge >= 0.3 is 0 Å². The number of aromatic nitrogens is 4. The van der Waals surface area contributed by atoms with E-state index in [-0.39, 0.29) is 11.2 Å². The van der Waals surface area contributed by atoms with Crippen molar-refractivity contribution in [1.82, 2.24) is 19.8 Å². The number of hydrogen-bond acceptors (Lipinski definition) is 6. The third-order valence-corrected chi connectivity index (χ3v) is 4.40. The summed E-state index contributed by atoms with van der Waals surface area (Å²) in [6.45, 7) is 6.45. The molecule has 4 rings (SSSR count). The molecule has 0 amide bonds. The Balaban J connectivity index is 1.71. The van der Waals surface area contributed by atoms with Gasteiger partial charge in [-0.25, -0.2) is 8.78 Å². The van der Waals surface area contributed by atoms with Crippen LogP contribution in [0.25, 0.3) is 5.65 Å². The highest BCUT2D eigenvalue weighted by Crippen LogP contribution is 2.36. The fraction of sp³-hybridized carbons (Fsp3) is 0.667.